The van der Waals surface area contributed by atoms with Crippen LogP contribution in [0.4, 0.5) is 0 Å². The molecule has 0 amide bonds. The fraction of sp³-hybridized carbons (Fsp3) is 0.227. The zero-order valence-electron chi connectivity index (χ0n) is 15.7. The first-order valence-electron chi connectivity index (χ1n) is 8.97. The molecule has 3 aromatic rings. The lowest BCUT2D eigenvalue weighted by Gasteiger charge is -2.14. The molecule has 6 heteroatoms. The average molecular weight is 419 g/mol. The van der Waals surface area contributed by atoms with Gasteiger partial charge < -0.3 is 14.8 Å². The van der Waals surface area contributed by atoms with Crippen LogP contribution in [0, 0.1) is 0 Å². The van der Waals surface area contributed by atoms with Crippen LogP contribution < -0.4 is 14.8 Å². The first kappa shape index (κ1) is 22.0. The average Bonchev–Trinajstić information content (AvgIpc) is 2.70. The van der Waals surface area contributed by atoms with Crippen molar-refractivity contribution in [1.29, 1.82) is 0 Å². The van der Waals surface area contributed by atoms with E-state index in [9.17, 15) is 0 Å². The quantitative estimate of drug-likeness (QED) is 0.503. The highest BCUT2D eigenvalue weighted by molar-refractivity contribution is 6.30. The Morgan fingerprint density at radius 3 is 2.21 bits per heavy atom. The first-order valence-corrected chi connectivity index (χ1v) is 9.35. The van der Waals surface area contributed by atoms with E-state index in [-0.39, 0.29) is 12.4 Å². The van der Waals surface area contributed by atoms with Gasteiger partial charge in [-0.2, -0.15) is 0 Å². The minimum absolute atomic E-state index is 0. The molecule has 1 N–H and O–H groups in total. The van der Waals surface area contributed by atoms with Gasteiger partial charge in [-0.05, 0) is 60.0 Å². The molecule has 0 radical (unpaired) electrons. The fourth-order valence-corrected chi connectivity index (χ4v) is 2.77. The van der Waals surface area contributed by atoms with E-state index in [1.807, 2.05) is 55.5 Å². The molecule has 0 bridgehead atoms. The van der Waals surface area contributed by atoms with Crippen LogP contribution in [-0.4, -0.2) is 11.6 Å². The first-order chi connectivity index (χ1) is 13.2. The molecule has 0 saturated carbocycles. The van der Waals surface area contributed by atoms with Crippen molar-refractivity contribution in [2.24, 2.45) is 0 Å². The summed E-state index contributed by atoms with van der Waals surface area (Å²) < 4.78 is 11.7. The maximum atomic E-state index is 5.95. The van der Waals surface area contributed by atoms with Crippen LogP contribution >= 0.6 is 24.0 Å². The summed E-state index contributed by atoms with van der Waals surface area (Å²) in [6, 6.07) is 17.7. The van der Waals surface area contributed by atoms with E-state index < -0.39 is 0 Å². The molecule has 0 spiro atoms. The van der Waals surface area contributed by atoms with Crippen LogP contribution in [0.2, 0.25) is 5.02 Å². The van der Waals surface area contributed by atoms with Gasteiger partial charge in [0.25, 0.3) is 0 Å². The molecule has 2 aromatic carbocycles. The fourth-order valence-electron chi connectivity index (χ4n) is 2.64. The van der Waals surface area contributed by atoms with Crippen molar-refractivity contribution in [3.63, 3.8) is 0 Å². The molecule has 0 unspecified atom stereocenters. The number of pyridine rings is 1. The predicted molar refractivity (Wildman–Crippen MR) is 115 cm³/mol. The molecule has 4 nitrogen and oxygen atoms in total. The monoisotopic (exact) mass is 418 g/mol. The largest absolute Gasteiger partial charge is 0.490 e. The molecule has 0 aliphatic rings. The Morgan fingerprint density at radius 2 is 1.50 bits per heavy atom. The zero-order valence-corrected chi connectivity index (χ0v) is 17.3. The Kier molecular flexibility index (Phi) is 9.08. The van der Waals surface area contributed by atoms with E-state index in [4.69, 9.17) is 21.1 Å². The third kappa shape index (κ3) is 6.71. The molecule has 0 fully saturated rings. The van der Waals surface area contributed by atoms with E-state index in [0.29, 0.717) is 13.2 Å². The standard InChI is InChI=1S/C22H23ClN2O2.ClH/c1-2-26-22-13-19(15-25-14-17-9-11-24-12-10-17)5-8-21(22)27-16-18-3-6-20(23)7-4-18;/h3-13,25H,2,14-16H2,1H3;1H. The molecule has 0 aliphatic heterocycles. The van der Waals surface area contributed by atoms with Crippen molar-refractivity contribution >= 4 is 24.0 Å². The van der Waals surface area contributed by atoms with E-state index in [1.54, 1.807) is 12.4 Å². The summed E-state index contributed by atoms with van der Waals surface area (Å²) in [5, 5.41) is 4.15. The van der Waals surface area contributed by atoms with Crippen molar-refractivity contribution in [3.8, 4) is 11.5 Å². The Morgan fingerprint density at radius 1 is 0.821 bits per heavy atom. The van der Waals surface area contributed by atoms with Crippen LogP contribution in [0.3, 0.4) is 0 Å². The maximum absolute atomic E-state index is 5.95. The zero-order chi connectivity index (χ0) is 18.9. The van der Waals surface area contributed by atoms with Gasteiger partial charge in [0.05, 0.1) is 6.61 Å². The molecular formula is C22H24Cl2N2O2. The van der Waals surface area contributed by atoms with Crippen molar-refractivity contribution in [1.82, 2.24) is 10.3 Å². The summed E-state index contributed by atoms with van der Waals surface area (Å²) in [5.74, 6) is 1.50. The van der Waals surface area contributed by atoms with Crippen molar-refractivity contribution in [2.75, 3.05) is 6.61 Å². The molecule has 0 aliphatic carbocycles. The summed E-state index contributed by atoms with van der Waals surface area (Å²) in [4.78, 5) is 4.03. The van der Waals surface area contributed by atoms with Gasteiger partial charge in [-0.1, -0.05) is 29.8 Å². The van der Waals surface area contributed by atoms with Gasteiger partial charge in [0.2, 0.25) is 0 Å². The molecule has 1 heterocycles. The lowest BCUT2D eigenvalue weighted by molar-refractivity contribution is 0.269. The maximum Gasteiger partial charge on any atom is 0.161 e. The number of hydrogen-bond acceptors (Lipinski definition) is 4. The molecule has 1 aromatic heterocycles. The molecular weight excluding hydrogens is 395 g/mol. The third-order valence-corrected chi connectivity index (χ3v) is 4.28. The second-order valence-electron chi connectivity index (χ2n) is 6.09. The Hall–Kier alpha value is -2.27. The summed E-state index contributed by atoms with van der Waals surface area (Å²) in [7, 11) is 0. The van der Waals surface area contributed by atoms with E-state index >= 15 is 0 Å². The number of halogens is 2. The smallest absolute Gasteiger partial charge is 0.161 e. The van der Waals surface area contributed by atoms with Gasteiger partial charge in [0, 0.05) is 30.5 Å². The van der Waals surface area contributed by atoms with Gasteiger partial charge in [-0.15, -0.1) is 12.4 Å². The van der Waals surface area contributed by atoms with Crippen LogP contribution in [-0.2, 0) is 19.7 Å². The van der Waals surface area contributed by atoms with E-state index in [0.717, 1.165) is 40.7 Å². The summed E-state index contributed by atoms with van der Waals surface area (Å²) >= 11 is 5.92. The number of hydrogen-bond donors (Lipinski definition) is 1. The number of aromatic nitrogens is 1. The Balaban J connectivity index is 0.00000280. The van der Waals surface area contributed by atoms with E-state index in [2.05, 4.69) is 16.4 Å². The Bertz CT molecular complexity index is 843. The highest BCUT2D eigenvalue weighted by Gasteiger charge is 2.07. The number of rotatable bonds is 9. The second-order valence-corrected chi connectivity index (χ2v) is 6.52. The van der Waals surface area contributed by atoms with Crippen molar-refractivity contribution in [2.45, 2.75) is 26.6 Å². The van der Waals surface area contributed by atoms with E-state index in [1.165, 1.54) is 5.56 Å². The number of nitrogens with one attached hydrogen (secondary N) is 1. The molecule has 3 rings (SSSR count). The van der Waals surface area contributed by atoms with Crippen molar-refractivity contribution in [3.05, 3.63) is 88.7 Å². The van der Waals surface area contributed by atoms with Gasteiger partial charge >= 0.3 is 0 Å². The summed E-state index contributed by atoms with van der Waals surface area (Å²) in [5.41, 5.74) is 3.41. The summed E-state index contributed by atoms with van der Waals surface area (Å²) in [6.07, 6.45) is 3.61. The van der Waals surface area contributed by atoms with Crippen LogP contribution in [0.5, 0.6) is 11.5 Å². The molecule has 28 heavy (non-hydrogen) atoms. The van der Waals surface area contributed by atoms with Gasteiger partial charge in [0.15, 0.2) is 11.5 Å². The van der Waals surface area contributed by atoms with Gasteiger partial charge in [0.1, 0.15) is 6.61 Å². The van der Waals surface area contributed by atoms with Crippen LogP contribution in [0.15, 0.2) is 67.0 Å². The highest BCUT2D eigenvalue weighted by Crippen LogP contribution is 2.29. The van der Waals surface area contributed by atoms with Gasteiger partial charge in [-0.3, -0.25) is 4.98 Å². The minimum Gasteiger partial charge on any atom is -0.490 e. The molecule has 0 atom stereocenters. The lowest BCUT2D eigenvalue weighted by Crippen LogP contribution is -2.13. The van der Waals surface area contributed by atoms with Crippen molar-refractivity contribution < 1.29 is 9.47 Å². The Labute approximate surface area is 177 Å². The second kappa shape index (κ2) is 11.5. The molecule has 0 saturated heterocycles. The third-order valence-electron chi connectivity index (χ3n) is 4.02. The predicted octanol–water partition coefficient (Wildman–Crippen LogP) is 5.42. The SMILES string of the molecule is CCOc1cc(CNCc2ccncc2)ccc1OCc1ccc(Cl)cc1.Cl. The van der Waals surface area contributed by atoms with Gasteiger partial charge in [-0.25, -0.2) is 0 Å². The number of ether oxygens (including phenoxy) is 2. The number of benzene rings is 2. The highest BCUT2D eigenvalue weighted by atomic mass is 35.5. The molecule has 148 valence electrons. The van der Waals surface area contributed by atoms with Crippen LogP contribution in [0.25, 0.3) is 0 Å². The minimum atomic E-state index is 0. The topological polar surface area (TPSA) is 43.4 Å². The summed E-state index contributed by atoms with van der Waals surface area (Å²) in [6.45, 7) is 4.57. The number of nitrogens with zero attached hydrogens (tertiary/aromatic N) is 1. The normalized spacial score (nSPS) is 10.2. The van der Waals surface area contributed by atoms with Crippen LogP contribution in [0.1, 0.15) is 23.6 Å². The lowest BCUT2D eigenvalue weighted by atomic mass is 10.2.